The van der Waals surface area contributed by atoms with Gasteiger partial charge < -0.3 is 16.2 Å². The maximum Gasteiger partial charge on any atom is 0.248 e. The molecule has 3 aromatic rings. The number of rotatable bonds is 8. The van der Waals surface area contributed by atoms with Crippen molar-refractivity contribution in [3.63, 3.8) is 0 Å². The van der Waals surface area contributed by atoms with Crippen molar-refractivity contribution in [2.24, 2.45) is 5.73 Å². The lowest BCUT2D eigenvalue weighted by molar-refractivity contribution is 0.100. The third-order valence-corrected chi connectivity index (χ3v) is 4.48. The van der Waals surface area contributed by atoms with Crippen molar-refractivity contribution in [1.82, 2.24) is 10.3 Å². The number of pyridine rings is 1. The Kier molecular flexibility index (Phi) is 6.30. The minimum absolute atomic E-state index is 0.425. The molecular formula is C22H23N3O2. The number of nitrogens with two attached hydrogens (primary N) is 1. The van der Waals surface area contributed by atoms with Crippen LogP contribution in [0.15, 0.2) is 73.1 Å². The SMILES string of the molecule is NC(=O)c1ccc(-c2ccccc2CCNC[C@H](O)c2cccnc2)cc1. The number of benzene rings is 2. The first kappa shape index (κ1) is 18.8. The van der Waals surface area contributed by atoms with Crippen LogP contribution in [0, 0.1) is 0 Å². The summed E-state index contributed by atoms with van der Waals surface area (Å²) in [5, 5.41) is 13.5. The van der Waals surface area contributed by atoms with Gasteiger partial charge in [-0.1, -0.05) is 42.5 Å². The van der Waals surface area contributed by atoms with Gasteiger partial charge in [-0.3, -0.25) is 9.78 Å². The van der Waals surface area contributed by atoms with Gasteiger partial charge in [0.25, 0.3) is 0 Å². The molecule has 138 valence electrons. The number of hydrogen-bond acceptors (Lipinski definition) is 4. The fourth-order valence-corrected chi connectivity index (χ4v) is 2.99. The van der Waals surface area contributed by atoms with E-state index in [2.05, 4.69) is 22.4 Å². The molecule has 0 saturated carbocycles. The van der Waals surface area contributed by atoms with E-state index in [1.54, 1.807) is 24.5 Å². The summed E-state index contributed by atoms with van der Waals surface area (Å²) in [6.45, 7) is 1.22. The fourth-order valence-electron chi connectivity index (χ4n) is 2.99. The highest BCUT2D eigenvalue weighted by Gasteiger charge is 2.08. The lowest BCUT2D eigenvalue weighted by atomic mass is 9.97. The van der Waals surface area contributed by atoms with E-state index in [0.717, 1.165) is 29.7 Å². The fraction of sp³-hybridized carbons (Fsp3) is 0.182. The van der Waals surface area contributed by atoms with Crippen LogP contribution in [0.4, 0.5) is 0 Å². The Morgan fingerprint density at radius 1 is 1.07 bits per heavy atom. The van der Waals surface area contributed by atoms with Crippen molar-refractivity contribution in [1.29, 1.82) is 0 Å². The van der Waals surface area contributed by atoms with Gasteiger partial charge in [0, 0.05) is 30.1 Å². The van der Waals surface area contributed by atoms with Gasteiger partial charge in [-0.25, -0.2) is 0 Å². The average molecular weight is 361 g/mol. The molecule has 0 radical (unpaired) electrons. The largest absolute Gasteiger partial charge is 0.387 e. The Labute approximate surface area is 158 Å². The molecule has 1 amide bonds. The van der Waals surface area contributed by atoms with Crippen LogP contribution in [-0.4, -0.2) is 29.1 Å². The van der Waals surface area contributed by atoms with Crippen molar-refractivity contribution >= 4 is 5.91 Å². The van der Waals surface area contributed by atoms with E-state index in [-0.39, 0.29) is 0 Å². The van der Waals surface area contributed by atoms with Gasteiger partial charge in [0.2, 0.25) is 5.91 Å². The van der Waals surface area contributed by atoms with E-state index >= 15 is 0 Å². The molecular weight excluding hydrogens is 338 g/mol. The molecule has 5 heteroatoms. The second-order valence-electron chi connectivity index (χ2n) is 6.36. The van der Waals surface area contributed by atoms with Gasteiger partial charge in [0.05, 0.1) is 6.10 Å². The van der Waals surface area contributed by atoms with Gasteiger partial charge in [-0.15, -0.1) is 0 Å². The number of carbonyl (C=O) groups is 1. The molecule has 0 unspecified atom stereocenters. The number of primary amides is 1. The van der Waals surface area contributed by atoms with Gasteiger partial charge in [-0.05, 0) is 47.9 Å². The topological polar surface area (TPSA) is 88.2 Å². The molecule has 1 aromatic heterocycles. The highest BCUT2D eigenvalue weighted by Crippen LogP contribution is 2.24. The van der Waals surface area contributed by atoms with E-state index < -0.39 is 12.0 Å². The van der Waals surface area contributed by atoms with E-state index in [0.29, 0.717) is 12.1 Å². The number of aliphatic hydroxyl groups is 1. The molecule has 3 rings (SSSR count). The van der Waals surface area contributed by atoms with Crippen molar-refractivity contribution in [2.75, 3.05) is 13.1 Å². The molecule has 1 heterocycles. The van der Waals surface area contributed by atoms with Crippen LogP contribution in [0.25, 0.3) is 11.1 Å². The molecule has 0 saturated heterocycles. The van der Waals surface area contributed by atoms with Crippen molar-refractivity contribution in [2.45, 2.75) is 12.5 Å². The molecule has 0 fully saturated rings. The lowest BCUT2D eigenvalue weighted by Crippen LogP contribution is -2.24. The van der Waals surface area contributed by atoms with Crippen molar-refractivity contribution in [3.05, 3.63) is 89.7 Å². The van der Waals surface area contributed by atoms with Crippen LogP contribution in [0.5, 0.6) is 0 Å². The standard InChI is InChI=1S/C22H23N3O2/c23-22(27)18-9-7-17(8-10-18)20-6-2-1-4-16(20)11-13-25-15-21(26)19-5-3-12-24-14-19/h1-10,12,14,21,25-26H,11,13,15H2,(H2,23,27)/t21-/m0/s1. The number of amides is 1. The summed E-state index contributed by atoms with van der Waals surface area (Å²) in [6, 6.07) is 19.2. The van der Waals surface area contributed by atoms with E-state index in [1.807, 2.05) is 36.4 Å². The van der Waals surface area contributed by atoms with Crippen LogP contribution in [0.2, 0.25) is 0 Å². The number of hydrogen-bond donors (Lipinski definition) is 3. The third-order valence-electron chi connectivity index (χ3n) is 4.48. The predicted octanol–water partition coefficient (Wildman–Crippen LogP) is 2.71. The first-order valence-electron chi connectivity index (χ1n) is 8.92. The Balaban J connectivity index is 1.60. The molecule has 1 atom stereocenters. The first-order valence-corrected chi connectivity index (χ1v) is 8.92. The monoisotopic (exact) mass is 361 g/mol. The van der Waals surface area contributed by atoms with Crippen LogP contribution in [0.1, 0.15) is 27.6 Å². The summed E-state index contributed by atoms with van der Waals surface area (Å²) < 4.78 is 0. The summed E-state index contributed by atoms with van der Waals surface area (Å²) in [4.78, 5) is 15.3. The number of aliphatic hydroxyl groups excluding tert-OH is 1. The van der Waals surface area contributed by atoms with E-state index in [9.17, 15) is 9.90 Å². The smallest absolute Gasteiger partial charge is 0.248 e. The molecule has 2 aromatic carbocycles. The molecule has 0 spiro atoms. The maximum absolute atomic E-state index is 11.2. The molecule has 27 heavy (non-hydrogen) atoms. The molecule has 0 aliphatic carbocycles. The van der Waals surface area contributed by atoms with Crippen LogP contribution in [-0.2, 0) is 6.42 Å². The minimum atomic E-state index is -0.574. The lowest BCUT2D eigenvalue weighted by Gasteiger charge is -2.13. The second kappa shape index (κ2) is 9.07. The third kappa shape index (κ3) is 5.00. The molecule has 0 bridgehead atoms. The average Bonchev–Trinajstić information content (AvgIpc) is 2.72. The summed E-state index contributed by atoms with van der Waals surface area (Å²) in [5.74, 6) is -0.425. The number of carbonyl (C=O) groups excluding carboxylic acids is 1. The zero-order valence-electron chi connectivity index (χ0n) is 15.0. The Morgan fingerprint density at radius 2 is 1.85 bits per heavy atom. The minimum Gasteiger partial charge on any atom is -0.387 e. The highest BCUT2D eigenvalue weighted by atomic mass is 16.3. The summed E-state index contributed by atoms with van der Waals surface area (Å²) >= 11 is 0. The van der Waals surface area contributed by atoms with Crippen LogP contribution < -0.4 is 11.1 Å². The van der Waals surface area contributed by atoms with Crippen molar-refractivity contribution < 1.29 is 9.90 Å². The molecule has 4 N–H and O–H groups in total. The van der Waals surface area contributed by atoms with Crippen LogP contribution >= 0.6 is 0 Å². The Hall–Kier alpha value is -3.02. The number of aromatic nitrogens is 1. The maximum atomic E-state index is 11.2. The molecule has 0 aliphatic rings. The Bertz CT molecular complexity index is 880. The summed E-state index contributed by atoms with van der Waals surface area (Å²) in [6.07, 6.45) is 3.62. The second-order valence-corrected chi connectivity index (χ2v) is 6.36. The quantitative estimate of drug-likeness (QED) is 0.538. The van der Waals surface area contributed by atoms with Gasteiger partial charge in [0.15, 0.2) is 0 Å². The number of nitrogens with one attached hydrogen (secondary N) is 1. The van der Waals surface area contributed by atoms with Gasteiger partial charge >= 0.3 is 0 Å². The summed E-state index contributed by atoms with van der Waals surface area (Å²) in [7, 11) is 0. The van der Waals surface area contributed by atoms with Crippen molar-refractivity contribution in [3.8, 4) is 11.1 Å². The normalized spacial score (nSPS) is 11.9. The first-order chi connectivity index (χ1) is 13.1. The van der Waals surface area contributed by atoms with Gasteiger partial charge in [0.1, 0.15) is 0 Å². The molecule has 5 nitrogen and oxygen atoms in total. The Morgan fingerprint density at radius 3 is 2.56 bits per heavy atom. The zero-order valence-corrected chi connectivity index (χ0v) is 15.0. The van der Waals surface area contributed by atoms with E-state index in [4.69, 9.17) is 5.73 Å². The van der Waals surface area contributed by atoms with Gasteiger partial charge in [-0.2, -0.15) is 0 Å². The predicted molar refractivity (Wildman–Crippen MR) is 106 cm³/mol. The molecule has 0 aliphatic heterocycles. The van der Waals surface area contributed by atoms with E-state index in [1.165, 1.54) is 5.56 Å². The highest BCUT2D eigenvalue weighted by molar-refractivity contribution is 5.93. The number of nitrogens with zero attached hydrogens (tertiary/aromatic N) is 1. The zero-order chi connectivity index (χ0) is 19.1. The van der Waals surface area contributed by atoms with Crippen LogP contribution in [0.3, 0.4) is 0 Å². The summed E-state index contributed by atoms with van der Waals surface area (Å²) in [5.41, 5.74) is 9.99.